The number of pyridine rings is 1. The minimum atomic E-state index is 0. The first kappa shape index (κ1) is 23.2. The van der Waals surface area contributed by atoms with Crippen LogP contribution in [0.3, 0.4) is 0 Å². The Labute approximate surface area is 180 Å². The lowest BCUT2D eigenvalue weighted by Gasteiger charge is -2.16. The number of nitrogens with one attached hydrogen (secondary N) is 3. The second kappa shape index (κ2) is 13.4. The predicted octanol–water partition coefficient (Wildman–Crippen LogP) is 4.17. The average Bonchev–Trinajstić information content (AvgIpc) is 2.68. The third-order valence-electron chi connectivity index (χ3n) is 4.31. The van der Waals surface area contributed by atoms with E-state index in [-0.39, 0.29) is 24.0 Å². The van der Waals surface area contributed by atoms with Crippen molar-refractivity contribution in [1.82, 2.24) is 15.6 Å². The number of aryl methyl sites for hydroxylation is 1. The Morgan fingerprint density at radius 2 is 1.78 bits per heavy atom. The van der Waals surface area contributed by atoms with E-state index in [4.69, 9.17) is 0 Å². The molecule has 0 saturated heterocycles. The van der Waals surface area contributed by atoms with E-state index in [2.05, 4.69) is 64.0 Å². The molecule has 2 aromatic rings. The lowest BCUT2D eigenvalue weighted by atomic mass is 10.0. The molecule has 0 radical (unpaired) electrons. The molecule has 1 heterocycles. The fourth-order valence-electron chi connectivity index (χ4n) is 2.62. The normalized spacial score (nSPS) is 12.0. The smallest absolute Gasteiger partial charge is 0.190 e. The van der Waals surface area contributed by atoms with Crippen LogP contribution in [0.5, 0.6) is 0 Å². The van der Waals surface area contributed by atoms with Gasteiger partial charge in [-0.1, -0.05) is 42.8 Å². The van der Waals surface area contributed by atoms with Crippen molar-refractivity contribution in [1.29, 1.82) is 0 Å². The molecule has 0 bridgehead atoms. The van der Waals surface area contributed by atoms with Gasteiger partial charge >= 0.3 is 0 Å². The van der Waals surface area contributed by atoms with Gasteiger partial charge in [-0.3, -0.25) is 4.99 Å². The summed E-state index contributed by atoms with van der Waals surface area (Å²) in [7, 11) is 1.81. The number of benzene rings is 1. The molecule has 3 N–H and O–H groups in total. The predicted molar refractivity (Wildman–Crippen MR) is 126 cm³/mol. The van der Waals surface area contributed by atoms with E-state index in [9.17, 15) is 0 Å². The van der Waals surface area contributed by atoms with Gasteiger partial charge in [0.25, 0.3) is 0 Å². The number of nitrogens with zero attached hydrogens (tertiary/aromatic N) is 2. The van der Waals surface area contributed by atoms with E-state index in [1.807, 2.05) is 25.2 Å². The monoisotopic (exact) mass is 481 g/mol. The van der Waals surface area contributed by atoms with Gasteiger partial charge in [0.05, 0.1) is 0 Å². The Bertz CT molecular complexity index is 658. The maximum atomic E-state index is 4.30. The molecule has 1 aromatic carbocycles. The molecule has 6 heteroatoms. The maximum absolute atomic E-state index is 4.30. The molecule has 0 aliphatic heterocycles. The van der Waals surface area contributed by atoms with Gasteiger partial charge in [0.2, 0.25) is 0 Å². The molecule has 1 atom stereocenters. The Morgan fingerprint density at radius 1 is 1.04 bits per heavy atom. The molecule has 0 aliphatic carbocycles. The second-order valence-electron chi connectivity index (χ2n) is 6.54. The van der Waals surface area contributed by atoms with Crippen LogP contribution in [0.4, 0.5) is 5.82 Å². The van der Waals surface area contributed by atoms with E-state index in [1.54, 1.807) is 6.20 Å². The van der Waals surface area contributed by atoms with Crippen LogP contribution >= 0.6 is 24.0 Å². The zero-order valence-corrected chi connectivity index (χ0v) is 18.9. The Morgan fingerprint density at radius 3 is 2.44 bits per heavy atom. The molecule has 0 spiro atoms. The minimum absolute atomic E-state index is 0. The number of halogens is 1. The van der Waals surface area contributed by atoms with Crippen LogP contribution < -0.4 is 16.0 Å². The Kier molecular flexibility index (Phi) is 11.5. The highest BCUT2D eigenvalue weighted by molar-refractivity contribution is 14.0. The summed E-state index contributed by atoms with van der Waals surface area (Å²) in [6.07, 6.45) is 3.96. The maximum Gasteiger partial charge on any atom is 0.190 e. The van der Waals surface area contributed by atoms with Gasteiger partial charge in [0, 0.05) is 32.9 Å². The zero-order chi connectivity index (χ0) is 18.6. The molecule has 0 fully saturated rings. The number of aliphatic imine (C=N–C) groups is 1. The largest absolute Gasteiger partial charge is 0.370 e. The molecule has 1 unspecified atom stereocenters. The Balaban J connectivity index is 0.00000364. The topological polar surface area (TPSA) is 61.3 Å². The summed E-state index contributed by atoms with van der Waals surface area (Å²) in [6, 6.07) is 14.6. The van der Waals surface area contributed by atoms with E-state index in [0.29, 0.717) is 5.92 Å². The van der Waals surface area contributed by atoms with Crippen LogP contribution in [0, 0.1) is 6.92 Å². The van der Waals surface area contributed by atoms with Crippen molar-refractivity contribution < 1.29 is 0 Å². The van der Waals surface area contributed by atoms with Crippen LogP contribution in [-0.2, 0) is 0 Å². The van der Waals surface area contributed by atoms with Gasteiger partial charge in [0.1, 0.15) is 5.82 Å². The fourth-order valence-corrected chi connectivity index (χ4v) is 2.62. The van der Waals surface area contributed by atoms with Crippen molar-refractivity contribution >= 4 is 35.8 Å². The molecule has 148 valence electrons. The van der Waals surface area contributed by atoms with Crippen LogP contribution in [0.15, 0.2) is 53.7 Å². The van der Waals surface area contributed by atoms with Gasteiger partial charge < -0.3 is 16.0 Å². The number of hydrogen-bond donors (Lipinski definition) is 3. The summed E-state index contributed by atoms with van der Waals surface area (Å²) < 4.78 is 0. The number of rotatable bonds is 9. The highest BCUT2D eigenvalue weighted by Gasteiger charge is 2.06. The summed E-state index contributed by atoms with van der Waals surface area (Å²) >= 11 is 0. The molecule has 0 saturated carbocycles. The lowest BCUT2D eigenvalue weighted by Crippen LogP contribution is -2.39. The van der Waals surface area contributed by atoms with Crippen molar-refractivity contribution in [2.75, 3.05) is 32.0 Å². The highest BCUT2D eigenvalue weighted by Crippen LogP contribution is 2.14. The van der Waals surface area contributed by atoms with Gasteiger partial charge in [0.15, 0.2) is 5.96 Å². The second-order valence-corrected chi connectivity index (χ2v) is 6.54. The third kappa shape index (κ3) is 9.08. The molecule has 2 rings (SSSR count). The van der Waals surface area contributed by atoms with E-state index in [0.717, 1.165) is 44.3 Å². The van der Waals surface area contributed by atoms with E-state index in [1.165, 1.54) is 11.1 Å². The SMILES string of the molecule is CN=C(NCCCCNc1ccccn1)NCC(C)c1ccc(C)cc1.I. The number of unbranched alkanes of at least 4 members (excludes halogenated alkanes) is 1. The van der Waals surface area contributed by atoms with Crippen molar-refractivity contribution in [2.45, 2.75) is 32.6 Å². The van der Waals surface area contributed by atoms with E-state index >= 15 is 0 Å². The highest BCUT2D eigenvalue weighted by atomic mass is 127. The van der Waals surface area contributed by atoms with Crippen LogP contribution in [0.1, 0.15) is 36.8 Å². The van der Waals surface area contributed by atoms with Crippen molar-refractivity contribution in [3.8, 4) is 0 Å². The average molecular weight is 481 g/mol. The lowest BCUT2D eigenvalue weighted by molar-refractivity contribution is 0.679. The molecule has 1 aromatic heterocycles. The third-order valence-corrected chi connectivity index (χ3v) is 4.31. The number of aromatic nitrogens is 1. The first-order chi connectivity index (χ1) is 12.7. The summed E-state index contributed by atoms with van der Waals surface area (Å²) in [5.41, 5.74) is 2.64. The summed E-state index contributed by atoms with van der Waals surface area (Å²) in [6.45, 7) is 7.04. The van der Waals surface area contributed by atoms with Crippen LogP contribution in [0.25, 0.3) is 0 Å². The first-order valence-electron chi connectivity index (χ1n) is 9.35. The van der Waals surface area contributed by atoms with Gasteiger partial charge in [-0.25, -0.2) is 4.98 Å². The van der Waals surface area contributed by atoms with E-state index < -0.39 is 0 Å². The first-order valence-corrected chi connectivity index (χ1v) is 9.35. The van der Waals surface area contributed by atoms with Gasteiger partial charge in [-0.15, -0.1) is 24.0 Å². The van der Waals surface area contributed by atoms with Crippen molar-refractivity contribution in [3.63, 3.8) is 0 Å². The van der Waals surface area contributed by atoms with Crippen molar-refractivity contribution in [2.24, 2.45) is 4.99 Å². The number of anilines is 1. The number of guanidine groups is 1. The van der Waals surface area contributed by atoms with Crippen LogP contribution in [0.2, 0.25) is 0 Å². The van der Waals surface area contributed by atoms with Gasteiger partial charge in [-0.2, -0.15) is 0 Å². The molecule has 0 aliphatic rings. The summed E-state index contributed by atoms with van der Waals surface area (Å²) in [5.74, 6) is 2.24. The quantitative estimate of drug-likeness (QED) is 0.218. The molecule has 27 heavy (non-hydrogen) atoms. The van der Waals surface area contributed by atoms with Crippen molar-refractivity contribution in [3.05, 3.63) is 59.8 Å². The zero-order valence-electron chi connectivity index (χ0n) is 16.5. The molecule has 0 amide bonds. The molecular weight excluding hydrogens is 449 g/mol. The fraction of sp³-hybridized carbons (Fsp3) is 0.429. The summed E-state index contributed by atoms with van der Waals surface area (Å²) in [5, 5.41) is 10.1. The van der Waals surface area contributed by atoms with Crippen LogP contribution in [-0.4, -0.2) is 37.6 Å². The Hall–Kier alpha value is -1.83. The molecule has 5 nitrogen and oxygen atoms in total. The van der Waals surface area contributed by atoms with Gasteiger partial charge in [-0.05, 0) is 43.4 Å². The summed E-state index contributed by atoms with van der Waals surface area (Å²) in [4.78, 5) is 8.55. The minimum Gasteiger partial charge on any atom is -0.370 e. The number of hydrogen-bond acceptors (Lipinski definition) is 3. The standard InChI is InChI=1S/C21H31N5.HI/c1-17-9-11-19(12-10-17)18(2)16-26-21(22-3)25-15-7-6-14-24-20-8-4-5-13-23-20;/h4-5,8-13,18H,6-7,14-16H2,1-3H3,(H,23,24)(H2,22,25,26);1H. The molecular formula is C21H32IN5.